The Kier molecular flexibility index (Phi) is 4.56. The van der Waals surface area contributed by atoms with Crippen molar-refractivity contribution in [2.45, 2.75) is 51.5 Å². The van der Waals surface area contributed by atoms with Gasteiger partial charge in [-0.3, -0.25) is 4.79 Å². The molecule has 1 amide bonds. The Morgan fingerprint density at radius 3 is 2.41 bits per heavy atom. The molecule has 1 rings (SSSR count). The third kappa shape index (κ3) is 3.23. The van der Waals surface area contributed by atoms with E-state index in [4.69, 9.17) is 0 Å². The Hall–Kier alpha value is -1.50. The average molecular weight is 237 g/mol. The van der Waals surface area contributed by atoms with E-state index in [1.165, 1.54) is 0 Å². The summed E-state index contributed by atoms with van der Waals surface area (Å²) in [5, 5.41) is 11.9. The summed E-state index contributed by atoms with van der Waals surface area (Å²) in [6, 6.07) is 0. The van der Waals surface area contributed by atoms with E-state index in [0.29, 0.717) is 18.8 Å². The Balaban J connectivity index is 2.74. The van der Waals surface area contributed by atoms with Crippen LogP contribution in [0, 0.1) is 17.8 Å². The van der Waals surface area contributed by atoms with Gasteiger partial charge in [-0.1, -0.05) is 19.3 Å². The zero-order valence-electron chi connectivity index (χ0n) is 10.4. The minimum Gasteiger partial charge on any atom is -0.480 e. The van der Waals surface area contributed by atoms with Crippen LogP contribution in [0.2, 0.25) is 0 Å². The Labute approximate surface area is 102 Å². The SMILES string of the molecule is CC#CC(=O)NC1(C(=O)O)CCC(CC)CC1. The van der Waals surface area contributed by atoms with Crippen LogP contribution >= 0.6 is 0 Å². The van der Waals surface area contributed by atoms with Gasteiger partial charge < -0.3 is 10.4 Å². The molecule has 0 spiro atoms. The van der Waals surface area contributed by atoms with Gasteiger partial charge >= 0.3 is 5.97 Å². The molecule has 0 aromatic carbocycles. The summed E-state index contributed by atoms with van der Waals surface area (Å²) in [6.45, 7) is 3.67. The third-order valence-corrected chi connectivity index (χ3v) is 3.54. The van der Waals surface area contributed by atoms with Gasteiger partial charge in [0.25, 0.3) is 5.91 Å². The van der Waals surface area contributed by atoms with Crippen LogP contribution in [0.15, 0.2) is 0 Å². The molecule has 0 bridgehead atoms. The largest absolute Gasteiger partial charge is 0.480 e. The molecule has 17 heavy (non-hydrogen) atoms. The fraction of sp³-hybridized carbons (Fsp3) is 0.692. The predicted molar refractivity (Wildman–Crippen MR) is 64.2 cm³/mol. The van der Waals surface area contributed by atoms with E-state index in [1.807, 2.05) is 0 Å². The highest BCUT2D eigenvalue weighted by Gasteiger charge is 2.42. The van der Waals surface area contributed by atoms with Crippen molar-refractivity contribution in [1.82, 2.24) is 5.32 Å². The van der Waals surface area contributed by atoms with Crippen molar-refractivity contribution in [1.29, 1.82) is 0 Å². The van der Waals surface area contributed by atoms with Gasteiger partial charge in [0, 0.05) is 0 Å². The van der Waals surface area contributed by atoms with Gasteiger partial charge in [0.05, 0.1) is 0 Å². The first-order valence-corrected chi connectivity index (χ1v) is 6.02. The highest BCUT2D eigenvalue weighted by molar-refractivity contribution is 5.97. The second-order valence-corrected chi connectivity index (χ2v) is 4.57. The monoisotopic (exact) mass is 237 g/mol. The van der Waals surface area contributed by atoms with Crippen LogP contribution in [-0.4, -0.2) is 22.5 Å². The molecular formula is C13H19NO3. The molecule has 4 nitrogen and oxygen atoms in total. The van der Waals surface area contributed by atoms with Crippen molar-refractivity contribution in [3.63, 3.8) is 0 Å². The minimum absolute atomic E-state index is 0.496. The summed E-state index contributed by atoms with van der Waals surface area (Å²) in [6.07, 6.45) is 3.76. The summed E-state index contributed by atoms with van der Waals surface area (Å²) < 4.78 is 0. The summed E-state index contributed by atoms with van der Waals surface area (Å²) in [5.74, 6) is 3.95. The van der Waals surface area contributed by atoms with Gasteiger partial charge in [0.15, 0.2) is 0 Å². The first kappa shape index (κ1) is 13.6. The van der Waals surface area contributed by atoms with E-state index in [-0.39, 0.29) is 0 Å². The average Bonchev–Trinajstić information content (AvgIpc) is 2.30. The number of rotatable bonds is 3. The van der Waals surface area contributed by atoms with Crippen molar-refractivity contribution in [3.8, 4) is 11.8 Å². The smallest absolute Gasteiger partial charge is 0.329 e. The summed E-state index contributed by atoms with van der Waals surface area (Å²) in [5.41, 5.74) is -1.10. The van der Waals surface area contributed by atoms with Crippen molar-refractivity contribution in [2.75, 3.05) is 0 Å². The van der Waals surface area contributed by atoms with Crippen LogP contribution in [0.1, 0.15) is 46.0 Å². The van der Waals surface area contributed by atoms with Crippen LogP contribution in [0.5, 0.6) is 0 Å². The van der Waals surface area contributed by atoms with Crippen LogP contribution in [-0.2, 0) is 9.59 Å². The number of nitrogens with one attached hydrogen (secondary N) is 1. The molecule has 0 aliphatic heterocycles. The van der Waals surface area contributed by atoms with Crippen molar-refractivity contribution in [2.24, 2.45) is 5.92 Å². The standard InChI is InChI=1S/C13H19NO3/c1-3-5-11(15)14-13(12(16)17)8-6-10(4-2)7-9-13/h10H,4,6-9H2,1-2H3,(H,14,15)(H,16,17). The number of carbonyl (C=O) groups excluding carboxylic acids is 1. The van der Waals surface area contributed by atoms with Crippen molar-refractivity contribution in [3.05, 3.63) is 0 Å². The second-order valence-electron chi connectivity index (χ2n) is 4.57. The Morgan fingerprint density at radius 2 is 2.00 bits per heavy atom. The van der Waals surface area contributed by atoms with Gasteiger partial charge in [0.1, 0.15) is 5.54 Å². The molecule has 1 aliphatic rings. The highest BCUT2D eigenvalue weighted by atomic mass is 16.4. The van der Waals surface area contributed by atoms with E-state index in [2.05, 4.69) is 24.1 Å². The van der Waals surface area contributed by atoms with E-state index >= 15 is 0 Å². The van der Waals surface area contributed by atoms with Crippen molar-refractivity contribution >= 4 is 11.9 Å². The fourth-order valence-electron chi connectivity index (χ4n) is 2.33. The molecule has 0 heterocycles. The van der Waals surface area contributed by atoms with Gasteiger partial charge in [-0.2, -0.15) is 0 Å². The maximum Gasteiger partial charge on any atom is 0.329 e. The molecule has 1 saturated carbocycles. The number of amides is 1. The molecule has 2 N–H and O–H groups in total. The first-order chi connectivity index (χ1) is 8.04. The highest BCUT2D eigenvalue weighted by Crippen LogP contribution is 2.33. The number of hydrogen-bond acceptors (Lipinski definition) is 2. The number of carboxylic acids is 1. The molecule has 0 radical (unpaired) electrons. The molecule has 1 fully saturated rings. The van der Waals surface area contributed by atoms with E-state index < -0.39 is 17.4 Å². The molecule has 94 valence electrons. The predicted octanol–water partition coefficient (Wildman–Crippen LogP) is 1.55. The number of carboxylic acid groups (broad SMARTS) is 1. The summed E-state index contributed by atoms with van der Waals surface area (Å²) >= 11 is 0. The second kappa shape index (κ2) is 5.72. The molecule has 0 saturated heterocycles. The lowest BCUT2D eigenvalue weighted by Crippen LogP contribution is -2.56. The quantitative estimate of drug-likeness (QED) is 0.732. The maximum absolute atomic E-state index is 11.4. The van der Waals surface area contributed by atoms with Crippen LogP contribution in [0.25, 0.3) is 0 Å². The summed E-state index contributed by atoms with van der Waals surface area (Å²) in [7, 11) is 0. The van der Waals surface area contributed by atoms with Crippen LogP contribution in [0.4, 0.5) is 0 Å². The number of aliphatic carboxylic acids is 1. The topological polar surface area (TPSA) is 66.4 Å². The van der Waals surface area contributed by atoms with Gasteiger partial charge in [0.2, 0.25) is 0 Å². The first-order valence-electron chi connectivity index (χ1n) is 6.02. The minimum atomic E-state index is -1.10. The maximum atomic E-state index is 11.4. The van der Waals surface area contributed by atoms with Gasteiger partial charge in [-0.25, -0.2) is 4.79 Å². The zero-order valence-corrected chi connectivity index (χ0v) is 10.4. The fourth-order valence-corrected chi connectivity index (χ4v) is 2.33. The molecule has 0 atom stereocenters. The van der Waals surface area contributed by atoms with Gasteiger partial charge in [-0.05, 0) is 44.4 Å². The summed E-state index contributed by atoms with van der Waals surface area (Å²) in [4.78, 5) is 22.8. The third-order valence-electron chi connectivity index (χ3n) is 3.54. The normalized spacial score (nSPS) is 27.8. The van der Waals surface area contributed by atoms with E-state index in [0.717, 1.165) is 19.3 Å². The van der Waals surface area contributed by atoms with Crippen LogP contribution < -0.4 is 5.32 Å². The van der Waals surface area contributed by atoms with E-state index in [1.54, 1.807) is 6.92 Å². The molecule has 4 heteroatoms. The molecule has 0 unspecified atom stereocenters. The number of hydrogen-bond donors (Lipinski definition) is 2. The lowest BCUT2D eigenvalue weighted by Gasteiger charge is -2.36. The molecule has 0 aromatic heterocycles. The Bertz CT molecular complexity index is 357. The van der Waals surface area contributed by atoms with E-state index in [9.17, 15) is 14.7 Å². The molecule has 0 aromatic rings. The number of carbonyl (C=O) groups is 2. The van der Waals surface area contributed by atoms with Crippen LogP contribution in [0.3, 0.4) is 0 Å². The molecular weight excluding hydrogens is 218 g/mol. The Morgan fingerprint density at radius 1 is 1.41 bits per heavy atom. The van der Waals surface area contributed by atoms with Gasteiger partial charge in [-0.15, -0.1) is 0 Å². The zero-order chi connectivity index (χ0) is 12.9. The van der Waals surface area contributed by atoms with Crippen molar-refractivity contribution < 1.29 is 14.7 Å². The lowest BCUT2D eigenvalue weighted by molar-refractivity contribution is -0.149. The lowest BCUT2D eigenvalue weighted by atomic mass is 9.75. The molecule has 1 aliphatic carbocycles.